The lowest BCUT2D eigenvalue weighted by atomic mass is 9.93. The van der Waals surface area contributed by atoms with E-state index in [0.717, 1.165) is 38.3 Å². The number of rotatable bonds is 5. The molecule has 3 aliphatic rings. The van der Waals surface area contributed by atoms with Gasteiger partial charge in [-0.3, -0.25) is 9.69 Å². The molecule has 5 rings (SSSR count). The monoisotopic (exact) mass is 360 g/mol. The van der Waals surface area contributed by atoms with Crippen molar-refractivity contribution in [1.82, 2.24) is 10.2 Å². The Balaban J connectivity index is 1.23. The Hall–Kier alpha value is -2.13. The molecule has 3 heteroatoms. The van der Waals surface area contributed by atoms with E-state index in [2.05, 4.69) is 52.7 Å². The number of nitrogens with zero attached hydrogens (tertiary/aromatic N) is 1. The summed E-state index contributed by atoms with van der Waals surface area (Å²) >= 11 is 0. The second-order valence-corrected chi connectivity index (χ2v) is 8.71. The third-order valence-corrected chi connectivity index (χ3v) is 7.01. The predicted molar refractivity (Wildman–Crippen MR) is 107 cm³/mol. The molecular weight excluding hydrogens is 332 g/mol. The number of amides is 1. The minimum atomic E-state index is -0.248. The maximum atomic E-state index is 13.1. The van der Waals surface area contributed by atoms with Crippen LogP contribution in [-0.2, 0) is 16.8 Å². The van der Waals surface area contributed by atoms with Gasteiger partial charge in [-0.25, -0.2) is 0 Å². The lowest BCUT2D eigenvalue weighted by Crippen LogP contribution is -2.44. The SMILES string of the molecule is O=C(NC1CCC2CN(Cc3ccccc3)CC21)C1(c2ccccc2)CC1. The van der Waals surface area contributed by atoms with Gasteiger partial charge in [-0.1, -0.05) is 60.7 Å². The van der Waals surface area contributed by atoms with Crippen LogP contribution in [-0.4, -0.2) is 29.9 Å². The number of carbonyl (C=O) groups excluding carboxylic acids is 1. The zero-order valence-electron chi connectivity index (χ0n) is 15.8. The maximum absolute atomic E-state index is 13.1. The summed E-state index contributed by atoms with van der Waals surface area (Å²) < 4.78 is 0. The van der Waals surface area contributed by atoms with Crippen LogP contribution in [0.25, 0.3) is 0 Å². The molecule has 0 aromatic heterocycles. The van der Waals surface area contributed by atoms with Gasteiger partial charge in [-0.05, 0) is 48.6 Å². The second kappa shape index (κ2) is 6.79. The molecule has 3 unspecified atom stereocenters. The fourth-order valence-corrected chi connectivity index (χ4v) is 5.34. The Labute approximate surface area is 161 Å². The summed E-state index contributed by atoms with van der Waals surface area (Å²) in [6, 6.07) is 21.4. The predicted octanol–water partition coefficient (Wildman–Crippen LogP) is 3.75. The Kier molecular flexibility index (Phi) is 4.28. The van der Waals surface area contributed by atoms with Crippen LogP contribution in [0.2, 0.25) is 0 Å². The molecule has 27 heavy (non-hydrogen) atoms. The van der Waals surface area contributed by atoms with Crippen LogP contribution in [0.1, 0.15) is 36.8 Å². The lowest BCUT2D eigenvalue weighted by molar-refractivity contribution is -0.124. The first-order valence-corrected chi connectivity index (χ1v) is 10.4. The molecule has 2 saturated carbocycles. The first-order valence-electron chi connectivity index (χ1n) is 10.4. The van der Waals surface area contributed by atoms with E-state index in [-0.39, 0.29) is 11.3 Å². The largest absolute Gasteiger partial charge is 0.352 e. The third-order valence-electron chi connectivity index (χ3n) is 7.01. The van der Waals surface area contributed by atoms with Crippen LogP contribution in [0.3, 0.4) is 0 Å². The summed E-state index contributed by atoms with van der Waals surface area (Å²) in [5.41, 5.74) is 2.33. The van der Waals surface area contributed by atoms with Gasteiger partial charge >= 0.3 is 0 Å². The average Bonchev–Trinajstić information content (AvgIpc) is 3.31. The van der Waals surface area contributed by atoms with Crippen molar-refractivity contribution < 1.29 is 4.79 Å². The van der Waals surface area contributed by atoms with Crippen molar-refractivity contribution in [3.8, 4) is 0 Å². The lowest BCUT2D eigenvalue weighted by Gasteiger charge is -2.24. The molecule has 3 nitrogen and oxygen atoms in total. The van der Waals surface area contributed by atoms with E-state index >= 15 is 0 Å². The van der Waals surface area contributed by atoms with Crippen molar-refractivity contribution in [2.45, 2.75) is 43.7 Å². The van der Waals surface area contributed by atoms with Crippen LogP contribution < -0.4 is 5.32 Å². The minimum absolute atomic E-state index is 0.248. The topological polar surface area (TPSA) is 32.3 Å². The number of nitrogens with one attached hydrogen (secondary N) is 1. The average molecular weight is 361 g/mol. The van der Waals surface area contributed by atoms with Gasteiger partial charge in [0.2, 0.25) is 5.91 Å². The normalized spacial score (nSPS) is 28.7. The Morgan fingerprint density at radius 3 is 2.37 bits per heavy atom. The third kappa shape index (κ3) is 3.19. The quantitative estimate of drug-likeness (QED) is 0.881. The van der Waals surface area contributed by atoms with Crippen molar-refractivity contribution in [2.24, 2.45) is 11.8 Å². The van der Waals surface area contributed by atoms with Gasteiger partial charge in [0.25, 0.3) is 0 Å². The van der Waals surface area contributed by atoms with Gasteiger partial charge in [0.1, 0.15) is 0 Å². The highest BCUT2D eigenvalue weighted by Crippen LogP contribution is 2.49. The molecule has 1 aliphatic heterocycles. The van der Waals surface area contributed by atoms with Gasteiger partial charge in [-0.15, -0.1) is 0 Å². The molecule has 2 aliphatic carbocycles. The van der Waals surface area contributed by atoms with E-state index < -0.39 is 0 Å². The second-order valence-electron chi connectivity index (χ2n) is 8.71. The first kappa shape index (κ1) is 17.0. The zero-order chi connectivity index (χ0) is 18.3. The molecule has 1 saturated heterocycles. The number of hydrogen-bond donors (Lipinski definition) is 1. The molecule has 1 N–H and O–H groups in total. The molecule has 1 amide bonds. The number of hydrogen-bond acceptors (Lipinski definition) is 2. The van der Waals surface area contributed by atoms with Crippen LogP contribution in [0, 0.1) is 11.8 Å². The van der Waals surface area contributed by atoms with E-state index in [9.17, 15) is 4.79 Å². The van der Waals surface area contributed by atoms with Gasteiger partial charge in [-0.2, -0.15) is 0 Å². The minimum Gasteiger partial charge on any atom is -0.352 e. The highest BCUT2D eigenvalue weighted by Gasteiger charge is 2.53. The highest BCUT2D eigenvalue weighted by molar-refractivity contribution is 5.91. The van der Waals surface area contributed by atoms with Crippen molar-refractivity contribution in [3.63, 3.8) is 0 Å². The van der Waals surface area contributed by atoms with Crippen molar-refractivity contribution in [2.75, 3.05) is 13.1 Å². The number of likely N-dealkylation sites (tertiary alicyclic amines) is 1. The summed E-state index contributed by atoms with van der Waals surface area (Å²) in [7, 11) is 0. The van der Waals surface area contributed by atoms with E-state index in [1.165, 1.54) is 24.1 Å². The van der Waals surface area contributed by atoms with Crippen molar-refractivity contribution in [3.05, 3.63) is 71.8 Å². The Morgan fingerprint density at radius 1 is 0.963 bits per heavy atom. The van der Waals surface area contributed by atoms with Gasteiger partial charge in [0.15, 0.2) is 0 Å². The molecule has 1 heterocycles. The molecule has 140 valence electrons. The summed E-state index contributed by atoms with van der Waals surface area (Å²) in [5.74, 6) is 1.62. The van der Waals surface area contributed by atoms with Crippen molar-refractivity contribution >= 4 is 5.91 Å². The standard InChI is InChI=1S/C24H28N2O/c27-23(24(13-14-24)20-9-5-2-6-10-20)25-22-12-11-19-16-26(17-21(19)22)15-18-7-3-1-4-8-18/h1-10,19,21-22H,11-17H2,(H,25,27). The van der Waals surface area contributed by atoms with E-state index in [4.69, 9.17) is 0 Å². The molecule has 0 bridgehead atoms. The zero-order valence-corrected chi connectivity index (χ0v) is 15.8. The number of benzene rings is 2. The maximum Gasteiger partial charge on any atom is 0.230 e. The molecule has 2 aromatic rings. The summed E-state index contributed by atoms with van der Waals surface area (Å²) in [4.78, 5) is 15.7. The first-order chi connectivity index (χ1) is 13.2. The van der Waals surface area contributed by atoms with Gasteiger partial charge < -0.3 is 5.32 Å². The molecule has 0 spiro atoms. The Bertz CT molecular complexity index is 800. The molecule has 3 atom stereocenters. The molecule has 2 aromatic carbocycles. The number of fused-ring (bicyclic) bond motifs is 1. The smallest absolute Gasteiger partial charge is 0.230 e. The summed E-state index contributed by atoms with van der Waals surface area (Å²) in [6.45, 7) is 3.32. The van der Waals surface area contributed by atoms with Crippen LogP contribution in [0.4, 0.5) is 0 Å². The summed E-state index contributed by atoms with van der Waals surface area (Å²) in [5, 5.41) is 3.47. The van der Waals surface area contributed by atoms with Gasteiger partial charge in [0.05, 0.1) is 5.41 Å². The Morgan fingerprint density at radius 2 is 1.67 bits per heavy atom. The van der Waals surface area contributed by atoms with Crippen LogP contribution in [0.5, 0.6) is 0 Å². The van der Waals surface area contributed by atoms with E-state index in [1.807, 2.05) is 18.2 Å². The van der Waals surface area contributed by atoms with Gasteiger partial charge in [0, 0.05) is 25.7 Å². The summed E-state index contributed by atoms with van der Waals surface area (Å²) in [6.07, 6.45) is 4.37. The fourth-order valence-electron chi connectivity index (χ4n) is 5.34. The van der Waals surface area contributed by atoms with Crippen LogP contribution in [0.15, 0.2) is 60.7 Å². The molecule has 3 fully saturated rings. The fraction of sp³-hybridized carbons (Fsp3) is 0.458. The van der Waals surface area contributed by atoms with Crippen LogP contribution >= 0.6 is 0 Å². The highest BCUT2D eigenvalue weighted by atomic mass is 16.2. The van der Waals surface area contributed by atoms with E-state index in [1.54, 1.807) is 0 Å². The molecule has 0 radical (unpaired) electrons. The van der Waals surface area contributed by atoms with Crippen molar-refractivity contribution in [1.29, 1.82) is 0 Å². The number of carbonyl (C=O) groups is 1. The molecular formula is C24H28N2O. The van der Waals surface area contributed by atoms with E-state index in [0.29, 0.717) is 12.0 Å².